The van der Waals surface area contributed by atoms with Crippen LogP contribution in [-0.4, -0.2) is 46.5 Å². The van der Waals surface area contributed by atoms with Crippen molar-refractivity contribution in [2.45, 2.75) is 39.2 Å². The number of hydrogen-bond acceptors (Lipinski definition) is 6. The van der Waals surface area contributed by atoms with Crippen LogP contribution in [0.1, 0.15) is 33.1 Å². The molecule has 8 heteroatoms. The molecule has 0 aliphatic carbocycles. The Morgan fingerprint density at radius 1 is 1.33 bits per heavy atom. The maximum atomic E-state index is 11.6. The van der Waals surface area contributed by atoms with E-state index in [9.17, 15) is 4.79 Å². The molecule has 0 spiro atoms. The number of primary amides is 1. The van der Waals surface area contributed by atoms with E-state index in [1.54, 1.807) is 0 Å². The fraction of sp³-hybridized carbons (Fsp3) is 0.692. The van der Waals surface area contributed by atoms with Crippen molar-refractivity contribution in [1.82, 2.24) is 15.0 Å². The Morgan fingerprint density at radius 2 is 2.05 bits per heavy atom. The zero-order valence-electron chi connectivity index (χ0n) is 12.4. The number of amides is 1. The second kappa shape index (κ2) is 6.89. The molecular formula is C13H21ClN6O. The second-order valence-corrected chi connectivity index (χ2v) is 5.32. The van der Waals surface area contributed by atoms with Crippen molar-refractivity contribution in [3.63, 3.8) is 0 Å². The SMILES string of the molecule is CCN(CC)c1nc(Cl)nc(N2CCCCC2C(N)=O)n1. The van der Waals surface area contributed by atoms with Gasteiger partial charge in [0.05, 0.1) is 0 Å². The molecule has 1 aromatic rings. The molecule has 0 radical (unpaired) electrons. The number of hydrogen-bond donors (Lipinski definition) is 1. The second-order valence-electron chi connectivity index (χ2n) is 4.98. The third-order valence-electron chi connectivity index (χ3n) is 3.72. The highest BCUT2D eigenvalue weighted by atomic mass is 35.5. The molecule has 0 saturated carbocycles. The largest absolute Gasteiger partial charge is 0.368 e. The Balaban J connectivity index is 2.35. The van der Waals surface area contributed by atoms with E-state index in [0.717, 1.165) is 32.4 Å². The van der Waals surface area contributed by atoms with E-state index in [4.69, 9.17) is 17.3 Å². The molecule has 2 heterocycles. The molecule has 1 fully saturated rings. The number of anilines is 2. The Morgan fingerprint density at radius 3 is 2.67 bits per heavy atom. The van der Waals surface area contributed by atoms with Gasteiger partial charge in [-0.25, -0.2) is 0 Å². The molecule has 2 N–H and O–H groups in total. The van der Waals surface area contributed by atoms with Crippen molar-refractivity contribution in [2.24, 2.45) is 5.73 Å². The molecule has 1 aliphatic rings. The van der Waals surface area contributed by atoms with Gasteiger partial charge in [0.25, 0.3) is 0 Å². The molecule has 7 nitrogen and oxygen atoms in total. The molecular weight excluding hydrogens is 292 g/mol. The van der Waals surface area contributed by atoms with Gasteiger partial charge in [-0.05, 0) is 44.7 Å². The van der Waals surface area contributed by atoms with Crippen LogP contribution in [0.2, 0.25) is 5.28 Å². The summed E-state index contributed by atoms with van der Waals surface area (Å²) in [6.07, 6.45) is 2.68. The quantitative estimate of drug-likeness (QED) is 0.879. The van der Waals surface area contributed by atoms with Gasteiger partial charge in [0.1, 0.15) is 6.04 Å². The molecule has 1 aromatic heterocycles. The van der Waals surface area contributed by atoms with Gasteiger partial charge in [0.2, 0.25) is 23.1 Å². The number of nitrogens with zero attached hydrogens (tertiary/aromatic N) is 5. The summed E-state index contributed by atoms with van der Waals surface area (Å²) in [6, 6.07) is -0.373. The zero-order valence-corrected chi connectivity index (χ0v) is 13.2. The summed E-state index contributed by atoms with van der Waals surface area (Å²) < 4.78 is 0. The molecule has 1 amide bonds. The lowest BCUT2D eigenvalue weighted by Crippen LogP contribution is -2.48. The molecule has 0 aromatic carbocycles. The average molecular weight is 313 g/mol. The van der Waals surface area contributed by atoms with Gasteiger partial charge in [-0.3, -0.25) is 4.79 Å². The fourth-order valence-electron chi connectivity index (χ4n) is 2.57. The third kappa shape index (κ3) is 3.53. The first-order valence-corrected chi connectivity index (χ1v) is 7.67. The molecule has 1 unspecified atom stereocenters. The molecule has 116 valence electrons. The van der Waals surface area contributed by atoms with E-state index in [-0.39, 0.29) is 17.2 Å². The van der Waals surface area contributed by atoms with Gasteiger partial charge in [-0.15, -0.1) is 0 Å². The summed E-state index contributed by atoms with van der Waals surface area (Å²) in [5, 5.41) is 0.135. The van der Waals surface area contributed by atoms with Crippen LogP contribution in [0.5, 0.6) is 0 Å². The molecule has 1 aliphatic heterocycles. The number of nitrogens with two attached hydrogens (primary N) is 1. The van der Waals surface area contributed by atoms with Crippen LogP contribution in [-0.2, 0) is 4.79 Å². The number of halogens is 1. The lowest BCUT2D eigenvalue weighted by Gasteiger charge is -2.34. The first kappa shape index (κ1) is 15.8. The van der Waals surface area contributed by atoms with Crippen molar-refractivity contribution < 1.29 is 4.79 Å². The summed E-state index contributed by atoms with van der Waals surface area (Å²) in [4.78, 5) is 28.3. The Hall–Kier alpha value is -1.63. The minimum absolute atomic E-state index is 0.135. The van der Waals surface area contributed by atoms with Crippen LogP contribution in [0.4, 0.5) is 11.9 Å². The summed E-state index contributed by atoms with van der Waals surface area (Å²) in [5.74, 6) is 0.611. The van der Waals surface area contributed by atoms with Crippen molar-refractivity contribution in [1.29, 1.82) is 0 Å². The smallest absolute Gasteiger partial charge is 0.240 e. The van der Waals surface area contributed by atoms with E-state index < -0.39 is 0 Å². The van der Waals surface area contributed by atoms with Gasteiger partial charge in [-0.2, -0.15) is 15.0 Å². The monoisotopic (exact) mass is 312 g/mol. The minimum Gasteiger partial charge on any atom is -0.368 e. The Kier molecular flexibility index (Phi) is 5.17. The lowest BCUT2D eigenvalue weighted by atomic mass is 10.0. The summed E-state index contributed by atoms with van der Waals surface area (Å²) >= 11 is 6.02. The fourth-order valence-corrected chi connectivity index (χ4v) is 2.72. The van der Waals surface area contributed by atoms with E-state index >= 15 is 0 Å². The van der Waals surface area contributed by atoms with Crippen LogP contribution in [0, 0.1) is 0 Å². The Labute approximate surface area is 129 Å². The van der Waals surface area contributed by atoms with E-state index in [1.807, 2.05) is 23.6 Å². The summed E-state index contributed by atoms with van der Waals surface area (Å²) in [7, 11) is 0. The zero-order chi connectivity index (χ0) is 15.4. The van der Waals surface area contributed by atoms with Crippen LogP contribution >= 0.6 is 11.6 Å². The maximum absolute atomic E-state index is 11.6. The first-order valence-electron chi connectivity index (χ1n) is 7.29. The molecule has 1 saturated heterocycles. The highest BCUT2D eigenvalue weighted by Gasteiger charge is 2.29. The summed E-state index contributed by atoms with van der Waals surface area (Å²) in [5.41, 5.74) is 5.49. The van der Waals surface area contributed by atoms with Gasteiger partial charge < -0.3 is 15.5 Å². The molecule has 2 rings (SSSR count). The number of rotatable bonds is 5. The standard InChI is InChI=1S/C13H21ClN6O/c1-3-19(4-2)12-16-11(14)17-13(18-12)20-8-6-5-7-9(20)10(15)21/h9H,3-8H2,1-2H3,(H2,15,21). The highest BCUT2D eigenvalue weighted by Crippen LogP contribution is 2.24. The predicted molar refractivity (Wildman–Crippen MR) is 82.6 cm³/mol. The number of carbonyl (C=O) groups is 1. The van der Waals surface area contributed by atoms with E-state index in [1.165, 1.54) is 0 Å². The van der Waals surface area contributed by atoms with Crippen LogP contribution in [0.25, 0.3) is 0 Å². The van der Waals surface area contributed by atoms with E-state index in [2.05, 4.69) is 15.0 Å². The van der Waals surface area contributed by atoms with Crippen molar-refractivity contribution in [2.75, 3.05) is 29.4 Å². The third-order valence-corrected chi connectivity index (χ3v) is 3.89. The van der Waals surface area contributed by atoms with Crippen LogP contribution in [0.15, 0.2) is 0 Å². The average Bonchev–Trinajstić information content (AvgIpc) is 2.48. The molecule has 21 heavy (non-hydrogen) atoms. The first-order chi connectivity index (χ1) is 10.1. The maximum Gasteiger partial charge on any atom is 0.240 e. The topological polar surface area (TPSA) is 88.2 Å². The number of piperidine rings is 1. The van der Waals surface area contributed by atoms with Crippen LogP contribution in [0.3, 0.4) is 0 Å². The van der Waals surface area contributed by atoms with Crippen molar-refractivity contribution in [3.05, 3.63) is 5.28 Å². The number of aromatic nitrogens is 3. The number of carbonyl (C=O) groups excluding carboxylic acids is 1. The lowest BCUT2D eigenvalue weighted by molar-refractivity contribution is -0.119. The summed E-state index contributed by atoms with van der Waals surface area (Å²) in [6.45, 7) is 6.29. The normalized spacial score (nSPS) is 18.6. The minimum atomic E-state index is -0.373. The van der Waals surface area contributed by atoms with Crippen LogP contribution < -0.4 is 15.5 Å². The van der Waals surface area contributed by atoms with Crippen molar-refractivity contribution in [3.8, 4) is 0 Å². The van der Waals surface area contributed by atoms with Gasteiger partial charge >= 0.3 is 0 Å². The van der Waals surface area contributed by atoms with Gasteiger partial charge in [0, 0.05) is 19.6 Å². The highest BCUT2D eigenvalue weighted by molar-refractivity contribution is 6.28. The van der Waals surface area contributed by atoms with Gasteiger partial charge in [0.15, 0.2) is 0 Å². The van der Waals surface area contributed by atoms with E-state index in [0.29, 0.717) is 18.4 Å². The van der Waals surface area contributed by atoms with Crippen molar-refractivity contribution >= 4 is 29.4 Å². The van der Waals surface area contributed by atoms with Gasteiger partial charge in [-0.1, -0.05) is 0 Å². The predicted octanol–water partition coefficient (Wildman–Crippen LogP) is 1.22. The molecule has 0 bridgehead atoms. The molecule has 1 atom stereocenters. The Bertz CT molecular complexity index is 507.